The number of carbonyl (C=O) groups excluding carboxylic acids is 2. The molecule has 182 valence electrons. The largest absolute Gasteiger partial charge is 0.418 e. The van der Waals surface area contributed by atoms with Crippen molar-refractivity contribution >= 4 is 39.1 Å². The van der Waals surface area contributed by atoms with Gasteiger partial charge < -0.3 is 10.2 Å². The van der Waals surface area contributed by atoms with Crippen LogP contribution in [0.5, 0.6) is 0 Å². The minimum absolute atomic E-state index is 0.207. The summed E-state index contributed by atoms with van der Waals surface area (Å²) in [5.74, 6) is -0.413. The van der Waals surface area contributed by atoms with E-state index in [4.69, 9.17) is 0 Å². The van der Waals surface area contributed by atoms with Crippen molar-refractivity contribution in [1.82, 2.24) is 14.9 Å². The molecule has 2 amide bonds. The summed E-state index contributed by atoms with van der Waals surface area (Å²) in [5, 5.41) is 3.10. The highest BCUT2D eigenvalue weighted by Crippen LogP contribution is 2.35. The standard InChI is InChI=1S/C24H27F3N4O2S/c1-7-31(12-17(32)29-16-11-9-8-10-15(16)24(25,26)27)21(33)19-13(2)18-14(3)28-22(23(4,5)6)30-20(18)34-19/h8-11H,7,12H2,1-6H3,(H,29,32). The number of halogens is 3. The summed E-state index contributed by atoms with van der Waals surface area (Å²) in [6.07, 6.45) is -4.61. The maximum Gasteiger partial charge on any atom is 0.418 e. The second-order valence-electron chi connectivity index (χ2n) is 9.03. The van der Waals surface area contributed by atoms with Gasteiger partial charge in [0.1, 0.15) is 17.2 Å². The zero-order chi connectivity index (χ0) is 25.4. The van der Waals surface area contributed by atoms with E-state index in [1.807, 2.05) is 34.6 Å². The van der Waals surface area contributed by atoms with Crippen molar-refractivity contribution in [3.05, 3.63) is 51.8 Å². The van der Waals surface area contributed by atoms with Crippen molar-refractivity contribution in [2.24, 2.45) is 0 Å². The highest BCUT2D eigenvalue weighted by atomic mass is 32.1. The van der Waals surface area contributed by atoms with E-state index in [-0.39, 0.29) is 30.1 Å². The van der Waals surface area contributed by atoms with Gasteiger partial charge in [0, 0.05) is 17.3 Å². The Morgan fingerprint density at radius 3 is 2.32 bits per heavy atom. The van der Waals surface area contributed by atoms with Crippen molar-refractivity contribution in [3.63, 3.8) is 0 Å². The quantitative estimate of drug-likeness (QED) is 0.494. The maximum absolute atomic E-state index is 13.3. The zero-order valence-electron chi connectivity index (χ0n) is 19.9. The molecule has 1 aromatic carbocycles. The Bertz CT molecular complexity index is 1250. The Kier molecular flexibility index (Phi) is 7.02. The van der Waals surface area contributed by atoms with E-state index in [0.717, 1.165) is 22.7 Å². The number of aromatic nitrogens is 2. The SMILES string of the molecule is CCN(CC(=O)Nc1ccccc1C(F)(F)F)C(=O)c1sc2nc(C(C)(C)C)nc(C)c2c1C. The topological polar surface area (TPSA) is 75.2 Å². The number of thiophene rings is 1. The monoisotopic (exact) mass is 492 g/mol. The van der Waals surface area contributed by atoms with Gasteiger partial charge in [0.25, 0.3) is 5.91 Å². The molecule has 1 N–H and O–H groups in total. The molecule has 0 atom stereocenters. The molecule has 2 heterocycles. The van der Waals surface area contributed by atoms with Crippen LogP contribution in [0.1, 0.15) is 60.0 Å². The summed E-state index contributed by atoms with van der Waals surface area (Å²) in [7, 11) is 0. The molecule has 2 aromatic heterocycles. The van der Waals surface area contributed by atoms with Crippen LogP contribution in [0, 0.1) is 13.8 Å². The van der Waals surface area contributed by atoms with Gasteiger partial charge in [0.05, 0.1) is 21.8 Å². The summed E-state index contributed by atoms with van der Waals surface area (Å²) in [6, 6.07) is 4.74. The van der Waals surface area contributed by atoms with Crippen molar-refractivity contribution < 1.29 is 22.8 Å². The molecule has 0 aliphatic carbocycles. The van der Waals surface area contributed by atoms with Gasteiger partial charge in [-0.1, -0.05) is 32.9 Å². The number of hydrogen-bond acceptors (Lipinski definition) is 5. The first-order valence-electron chi connectivity index (χ1n) is 10.8. The number of benzene rings is 1. The number of aryl methyl sites for hydroxylation is 2. The fourth-order valence-corrected chi connectivity index (χ4v) is 4.75. The Hall–Kier alpha value is -3.01. The molecular formula is C24H27F3N4O2S. The average molecular weight is 493 g/mol. The van der Waals surface area contributed by atoms with Crippen LogP contribution in [0.2, 0.25) is 0 Å². The molecule has 0 aliphatic rings. The van der Waals surface area contributed by atoms with Gasteiger partial charge in [-0.05, 0) is 38.5 Å². The smallest absolute Gasteiger partial charge is 0.329 e. The fourth-order valence-electron chi connectivity index (χ4n) is 3.55. The van der Waals surface area contributed by atoms with E-state index in [9.17, 15) is 22.8 Å². The molecule has 10 heteroatoms. The lowest BCUT2D eigenvalue weighted by Gasteiger charge is -2.21. The number of amides is 2. The molecule has 0 saturated heterocycles. The van der Waals surface area contributed by atoms with Crippen LogP contribution in [0.3, 0.4) is 0 Å². The van der Waals surface area contributed by atoms with E-state index in [1.54, 1.807) is 6.92 Å². The highest BCUT2D eigenvalue weighted by Gasteiger charge is 2.34. The number of nitrogens with zero attached hydrogens (tertiary/aromatic N) is 3. The third kappa shape index (κ3) is 5.22. The van der Waals surface area contributed by atoms with Gasteiger partial charge in [-0.2, -0.15) is 13.2 Å². The molecule has 0 unspecified atom stereocenters. The van der Waals surface area contributed by atoms with E-state index in [2.05, 4.69) is 15.3 Å². The van der Waals surface area contributed by atoms with E-state index in [1.165, 1.54) is 34.4 Å². The number of alkyl halides is 3. The lowest BCUT2D eigenvalue weighted by atomic mass is 9.95. The molecule has 3 rings (SSSR count). The second kappa shape index (κ2) is 9.32. The van der Waals surface area contributed by atoms with Crippen LogP contribution in [-0.4, -0.2) is 39.8 Å². The maximum atomic E-state index is 13.3. The van der Waals surface area contributed by atoms with Gasteiger partial charge in [-0.3, -0.25) is 9.59 Å². The summed E-state index contributed by atoms with van der Waals surface area (Å²) in [4.78, 5) is 37.6. The number of likely N-dealkylation sites (N-methyl/N-ethyl adjacent to an activating group) is 1. The Morgan fingerprint density at radius 1 is 1.09 bits per heavy atom. The average Bonchev–Trinajstić information content (AvgIpc) is 3.07. The second-order valence-corrected chi connectivity index (χ2v) is 10.0. The first-order chi connectivity index (χ1) is 15.7. The summed E-state index contributed by atoms with van der Waals surface area (Å²) in [5.41, 5.74) is -0.0539. The van der Waals surface area contributed by atoms with Gasteiger partial charge in [0.15, 0.2) is 0 Å². The van der Waals surface area contributed by atoms with Crippen LogP contribution in [0.25, 0.3) is 10.2 Å². The number of rotatable bonds is 5. The molecule has 0 radical (unpaired) electrons. The fraction of sp³-hybridized carbons (Fsp3) is 0.417. The van der Waals surface area contributed by atoms with Crippen LogP contribution in [0.4, 0.5) is 18.9 Å². The Morgan fingerprint density at radius 2 is 1.74 bits per heavy atom. The number of carbonyl (C=O) groups is 2. The number of fused-ring (bicyclic) bond motifs is 1. The first kappa shape index (κ1) is 25.6. The van der Waals surface area contributed by atoms with Gasteiger partial charge in [-0.25, -0.2) is 9.97 Å². The van der Waals surface area contributed by atoms with E-state index >= 15 is 0 Å². The predicted octanol–water partition coefficient (Wildman–Crippen LogP) is 5.73. The third-order valence-corrected chi connectivity index (χ3v) is 6.52. The molecule has 0 saturated carbocycles. The first-order valence-corrected chi connectivity index (χ1v) is 11.6. The van der Waals surface area contributed by atoms with Crippen molar-refractivity contribution in [2.75, 3.05) is 18.4 Å². The highest BCUT2D eigenvalue weighted by molar-refractivity contribution is 7.20. The van der Waals surface area contributed by atoms with Crippen molar-refractivity contribution in [1.29, 1.82) is 0 Å². The molecule has 6 nitrogen and oxygen atoms in total. The van der Waals surface area contributed by atoms with Crippen molar-refractivity contribution in [3.8, 4) is 0 Å². The molecule has 34 heavy (non-hydrogen) atoms. The Balaban J connectivity index is 1.87. The summed E-state index contributed by atoms with van der Waals surface area (Å²) < 4.78 is 39.7. The van der Waals surface area contributed by atoms with Crippen LogP contribution in [0.15, 0.2) is 24.3 Å². The third-order valence-electron chi connectivity index (χ3n) is 5.35. The van der Waals surface area contributed by atoms with Gasteiger partial charge >= 0.3 is 6.18 Å². The van der Waals surface area contributed by atoms with Crippen molar-refractivity contribution in [2.45, 2.75) is 53.1 Å². The Labute approximate surface area is 200 Å². The van der Waals surface area contributed by atoms with Gasteiger partial charge in [-0.15, -0.1) is 11.3 Å². The zero-order valence-corrected chi connectivity index (χ0v) is 20.7. The lowest BCUT2D eigenvalue weighted by molar-refractivity contribution is -0.137. The molecular weight excluding hydrogens is 465 g/mol. The minimum Gasteiger partial charge on any atom is -0.329 e. The van der Waals surface area contributed by atoms with Crippen LogP contribution < -0.4 is 5.32 Å². The minimum atomic E-state index is -4.61. The number of hydrogen-bond donors (Lipinski definition) is 1. The number of anilines is 1. The lowest BCUT2D eigenvalue weighted by Crippen LogP contribution is -2.38. The van der Waals surface area contributed by atoms with E-state index in [0.29, 0.717) is 15.5 Å². The molecule has 0 fully saturated rings. The van der Waals surface area contributed by atoms with E-state index < -0.39 is 17.6 Å². The summed E-state index contributed by atoms with van der Waals surface area (Å²) >= 11 is 1.23. The molecule has 3 aromatic rings. The number of nitrogens with one attached hydrogen (secondary N) is 1. The predicted molar refractivity (Wildman–Crippen MR) is 127 cm³/mol. The summed E-state index contributed by atoms with van der Waals surface area (Å²) in [6.45, 7) is 11.2. The normalized spacial score (nSPS) is 12.1. The van der Waals surface area contributed by atoms with Crippen LogP contribution >= 0.6 is 11.3 Å². The molecule has 0 aliphatic heterocycles. The molecule has 0 spiro atoms. The molecule has 0 bridgehead atoms. The van der Waals surface area contributed by atoms with Crippen LogP contribution in [-0.2, 0) is 16.4 Å². The number of para-hydroxylation sites is 1. The van der Waals surface area contributed by atoms with Gasteiger partial charge in [0.2, 0.25) is 5.91 Å².